The SMILES string of the molecule is CC(=O)Nc1ccc(S(=O)(=O)NC(=O)c2ccccc2Oc2ccccc2)cc1. The molecule has 29 heavy (non-hydrogen) atoms. The van der Waals surface area contributed by atoms with Crippen molar-refractivity contribution in [3.8, 4) is 11.5 Å². The molecule has 0 aliphatic rings. The highest BCUT2D eigenvalue weighted by atomic mass is 32.2. The van der Waals surface area contributed by atoms with Crippen molar-refractivity contribution >= 4 is 27.5 Å². The van der Waals surface area contributed by atoms with Crippen LogP contribution in [0.15, 0.2) is 83.8 Å². The van der Waals surface area contributed by atoms with Crippen LogP contribution in [0.5, 0.6) is 11.5 Å². The molecule has 3 aromatic rings. The van der Waals surface area contributed by atoms with Crippen LogP contribution in [-0.4, -0.2) is 20.2 Å². The molecule has 0 aromatic heterocycles. The molecule has 0 radical (unpaired) electrons. The third-order valence-electron chi connectivity index (χ3n) is 3.81. The van der Waals surface area contributed by atoms with Crippen molar-refractivity contribution < 1.29 is 22.7 Å². The van der Waals surface area contributed by atoms with Gasteiger partial charge in [-0.15, -0.1) is 0 Å². The molecule has 2 amide bonds. The molecule has 0 heterocycles. The Morgan fingerprint density at radius 1 is 0.828 bits per heavy atom. The smallest absolute Gasteiger partial charge is 0.268 e. The monoisotopic (exact) mass is 410 g/mol. The second kappa shape index (κ2) is 8.57. The van der Waals surface area contributed by atoms with Gasteiger partial charge >= 0.3 is 0 Å². The zero-order valence-corrected chi connectivity index (χ0v) is 16.3. The average Bonchev–Trinajstić information content (AvgIpc) is 2.69. The second-order valence-electron chi connectivity index (χ2n) is 6.05. The highest BCUT2D eigenvalue weighted by Gasteiger charge is 2.21. The van der Waals surface area contributed by atoms with Gasteiger partial charge in [-0.2, -0.15) is 0 Å². The van der Waals surface area contributed by atoms with Crippen molar-refractivity contribution in [2.24, 2.45) is 0 Å². The van der Waals surface area contributed by atoms with Gasteiger partial charge in [0.05, 0.1) is 10.5 Å². The molecular formula is C21H18N2O5S. The van der Waals surface area contributed by atoms with Gasteiger partial charge in [-0.25, -0.2) is 13.1 Å². The van der Waals surface area contributed by atoms with Crippen molar-refractivity contribution in [2.75, 3.05) is 5.32 Å². The molecule has 0 fully saturated rings. The summed E-state index contributed by atoms with van der Waals surface area (Å²) in [7, 11) is -4.11. The number of carbonyl (C=O) groups is 2. The molecular weight excluding hydrogens is 392 g/mol. The van der Waals surface area contributed by atoms with Crippen LogP contribution in [0.1, 0.15) is 17.3 Å². The number of rotatable bonds is 6. The lowest BCUT2D eigenvalue weighted by molar-refractivity contribution is -0.114. The normalized spacial score (nSPS) is 10.8. The topological polar surface area (TPSA) is 102 Å². The molecule has 7 nitrogen and oxygen atoms in total. The number of hydrogen-bond acceptors (Lipinski definition) is 5. The van der Waals surface area contributed by atoms with E-state index < -0.39 is 15.9 Å². The van der Waals surface area contributed by atoms with E-state index in [0.717, 1.165) is 0 Å². The maximum absolute atomic E-state index is 12.6. The van der Waals surface area contributed by atoms with Gasteiger partial charge in [0, 0.05) is 12.6 Å². The molecule has 0 saturated heterocycles. The van der Waals surface area contributed by atoms with Gasteiger partial charge in [-0.05, 0) is 48.5 Å². The summed E-state index contributed by atoms with van der Waals surface area (Å²) in [6.07, 6.45) is 0. The maximum Gasteiger partial charge on any atom is 0.268 e. The van der Waals surface area contributed by atoms with E-state index in [1.807, 2.05) is 10.8 Å². The Labute approximate surface area is 168 Å². The number of nitrogens with one attached hydrogen (secondary N) is 2. The van der Waals surface area contributed by atoms with Crippen LogP contribution >= 0.6 is 0 Å². The molecule has 3 aromatic carbocycles. The molecule has 148 valence electrons. The van der Waals surface area contributed by atoms with Gasteiger partial charge in [0.1, 0.15) is 11.5 Å². The van der Waals surface area contributed by atoms with E-state index in [2.05, 4.69) is 5.32 Å². The Kier molecular flexibility index (Phi) is 5.94. The van der Waals surface area contributed by atoms with Crippen molar-refractivity contribution in [3.63, 3.8) is 0 Å². The molecule has 8 heteroatoms. The van der Waals surface area contributed by atoms with Crippen molar-refractivity contribution in [1.29, 1.82) is 0 Å². The maximum atomic E-state index is 12.6. The van der Waals surface area contributed by atoms with E-state index >= 15 is 0 Å². The van der Waals surface area contributed by atoms with Gasteiger partial charge in [0.25, 0.3) is 15.9 Å². The molecule has 0 bridgehead atoms. The van der Waals surface area contributed by atoms with E-state index in [0.29, 0.717) is 11.4 Å². The molecule has 0 unspecified atom stereocenters. The molecule has 0 saturated carbocycles. The van der Waals surface area contributed by atoms with Crippen LogP contribution < -0.4 is 14.8 Å². The highest BCUT2D eigenvalue weighted by Crippen LogP contribution is 2.25. The Morgan fingerprint density at radius 3 is 2.10 bits per heavy atom. The number of hydrogen-bond donors (Lipinski definition) is 2. The van der Waals surface area contributed by atoms with Gasteiger partial charge in [-0.1, -0.05) is 30.3 Å². The number of anilines is 1. The van der Waals surface area contributed by atoms with Crippen molar-refractivity contribution in [2.45, 2.75) is 11.8 Å². The fourth-order valence-corrected chi connectivity index (χ4v) is 3.48. The van der Waals surface area contributed by atoms with Gasteiger partial charge in [-0.3, -0.25) is 9.59 Å². The first-order chi connectivity index (χ1) is 13.8. The number of ether oxygens (including phenoxy) is 1. The first-order valence-corrected chi connectivity index (χ1v) is 10.1. The van der Waals surface area contributed by atoms with E-state index in [9.17, 15) is 18.0 Å². The van der Waals surface area contributed by atoms with E-state index in [-0.39, 0.29) is 22.1 Å². The van der Waals surface area contributed by atoms with E-state index in [4.69, 9.17) is 4.74 Å². The average molecular weight is 410 g/mol. The fourth-order valence-electron chi connectivity index (χ4n) is 2.52. The zero-order chi connectivity index (χ0) is 20.9. The minimum atomic E-state index is -4.11. The molecule has 0 atom stereocenters. The van der Waals surface area contributed by atoms with Gasteiger partial charge in [0.15, 0.2) is 0 Å². The number of para-hydroxylation sites is 2. The van der Waals surface area contributed by atoms with E-state index in [1.54, 1.807) is 42.5 Å². The lowest BCUT2D eigenvalue weighted by Crippen LogP contribution is -2.30. The summed E-state index contributed by atoms with van der Waals surface area (Å²) in [5.41, 5.74) is 0.527. The second-order valence-corrected chi connectivity index (χ2v) is 7.73. The standard InChI is InChI=1S/C21H18N2O5S/c1-15(24)22-16-11-13-18(14-12-16)29(26,27)23-21(25)19-9-5-6-10-20(19)28-17-7-3-2-4-8-17/h2-14H,1H3,(H,22,24)(H,23,25). The summed E-state index contributed by atoms with van der Waals surface area (Å²) in [5, 5.41) is 2.54. The van der Waals surface area contributed by atoms with Crippen LogP contribution in [0.3, 0.4) is 0 Å². The molecule has 0 aliphatic carbocycles. The largest absolute Gasteiger partial charge is 0.457 e. The summed E-state index contributed by atoms with van der Waals surface area (Å²) in [6.45, 7) is 1.35. The van der Waals surface area contributed by atoms with Crippen LogP contribution in [0.4, 0.5) is 5.69 Å². The summed E-state index contributed by atoms with van der Waals surface area (Å²) >= 11 is 0. The Morgan fingerprint density at radius 2 is 1.45 bits per heavy atom. The van der Waals surface area contributed by atoms with Crippen molar-refractivity contribution in [3.05, 3.63) is 84.4 Å². The predicted molar refractivity (Wildman–Crippen MR) is 108 cm³/mol. The first-order valence-electron chi connectivity index (χ1n) is 8.62. The fraction of sp³-hybridized carbons (Fsp3) is 0.0476. The Balaban J connectivity index is 1.80. The van der Waals surface area contributed by atoms with Crippen molar-refractivity contribution in [1.82, 2.24) is 4.72 Å². The minimum Gasteiger partial charge on any atom is -0.457 e. The summed E-state index contributed by atoms with van der Waals surface area (Å²) in [5.74, 6) is -0.344. The Hall–Kier alpha value is -3.65. The minimum absolute atomic E-state index is 0.0785. The number of carbonyl (C=O) groups excluding carboxylic acids is 2. The molecule has 0 spiro atoms. The lowest BCUT2D eigenvalue weighted by Gasteiger charge is -2.12. The van der Waals surface area contributed by atoms with Crippen LogP contribution in [0, 0.1) is 0 Å². The third-order valence-corrected chi connectivity index (χ3v) is 5.16. The van der Waals surface area contributed by atoms with Crippen LogP contribution in [0.25, 0.3) is 0 Å². The van der Waals surface area contributed by atoms with Crippen LogP contribution in [-0.2, 0) is 14.8 Å². The predicted octanol–water partition coefficient (Wildman–Crippen LogP) is 3.56. The van der Waals surface area contributed by atoms with Gasteiger partial charge in [0.2, 0.25) is 5.91 Å². The third kappa shape index (κ3) is 5.20. The Bertz CT molecular complexity index is 1130. The molecule has 0 aliphatic heterocycles. The number of sulfonamides is 1. The van der Waals surface area contributed by atoms with Crippen LogP contribution in [0.2, 0.25) is 0 Å². The summed E-state index contributed by atoms with van der Waals surface area (Å²) in [4.78, 5) is 23.6. The van der Waals surface area contributed by atoms with E-state index in [1.165, 1.54) is 37.3 Å². The highest BCUT2D eigenvalue weighted by molar-refractivity contribution is 7.90. The summed E-state index contributed by atoms with van der Waals surface area (Å²) in [6, 6.07) is 20.7. The molecule has 3 rings (SSSR count). The van der Waals surface area contributed by atoms with Gasteiger partial charge < -0.3 is 10.1 Å². The number of amides is 2. The number of benzene rings is 3. The summed E-state index contributed by atoms with van der Waals surface area (Å²) < 4.78 is 32.9. The lowest BCUT2D eigenvalue weighted by atomic mass is 10.2. The first kappa shape index (κ1) is 20.1. The molecule has 2 N–H and O–H groups in total. The zero-order valence-electron chi connectivity index (χ0n) is 15.5. The quantitative estimate of drug-likeness (QED) is 0.647.